The summed E-state index contributed by atoms with van der Waals surface area (Å²) >= 11 is 0. The average Bonchev–Trinajstić information content (AvgIpc) is 2.33. The summed E-state index contributed by atoms with van der Waals surface area (Å²) in [6.45, 7) is 0. The lowest BCUT2D eigenvalue weighted by molar-refractivity contribution is 0.628. The molecule has 0 bridgehead atoms. The van der Waals surface area contributed by atoms with E-state index in [1.165, 1.54) is 18.3 Å². The summed E-state index contributed by atoms with van der Waals surface area (Å²) in [6, 6.07) is 9.31. The molecule has 0 fully saturated rings. The molecule has 2 aromatic rings. The molecule has 1 aromatic carbocycles. The van der Waals surface area contributed by atoms with Gasteiger partial charge >= 0.3 is 0 Å². The van der Waals surface area contributed by atoms with Crippen molar-refractivity contribution in [2.45, 2.75) is 0 Å². The summed E-state index contributed by atoms with van der Waals surface area (Å²) in [5.41, 5.74) is 1.04. The topological polar surface area (TPSA) is 61.6 Å². The lowest BCUT2D eigenvalue weighted by Gasteiger charge is -2.05. The summed E-state index contributed by atoms with van der Waals surface area (Å²) in [5.74, 6) is 0.0433. The third-order valence-corrected chi connectivity index (χ3v) is 1.95. The number of benzene rings is 1. The van der Waals surface area contributed by atoms with E-state index in [1.807, 2.05) is 6.07 Å². The Morgan fingerprint density at radius 3 is 2.62 bits per heavy atom. The largest absolute Gasteiger partial charge is 0.338 e. The first kappa shape index (κ1) is 10.1. The predicted molar refractivity (Wildman–Crippen MR) is 56.4 cm³/mol. The van der Waals surface area contributed by atoms with E-state index in [0.717, 1.165) is 0 Å². The minimum Gasteiger partial charge on any atom is -0.338 e. The van der Waals surface area contributed by atoms with Gasteiger partial charge in [0.05, 0.1) is 11.8 Å². The van der Waals surface area contributed by atoms with Crippen LogP contribution >= 0.6 is 0 Å². The van der Waals surface area contributed by atoms with Crippen molar-refractivity contribution in [2.24, 2.45) is 0 Å². The van der Waals surface area contributed by atoms with E-state index in [0.29, 0.717) is 17.1 Å². The Morgan fingerprint density at radius 2 is 1.94 bits per heavy atom. The third kappa shape index (κ3) is 2.12. The summed E-state index contributed by atoms with van der Waals surface area (Å²) in [4.78, 5) is 0. The first-order valence-corrected chi connectivity index (χ1v) is 4.54. The Bertz CT molecular complexity index is 530. The van der Waals surface area contributed by atoms with Crippen LogP contribution in [0.15, 0.2) is 36.5 Å². The molecule has 0 aliphatic carbocycles. The third-order valence-electron chi connectivity index (χ3n) is 1.95. The number of halogens is 1. The molecule has 4 nitrogen and oxygen atoms in total. The second-order valence-electron chi connectivity index (χ2n) is 3.04. The van der Waals surface area contributed by atoms with Gasteiger partial charge in [0.2, 0.25) is 0 Å². The zero-order chi connectivity index (χ0) is 11.4. The highest BCUT2D eigenvalue weighted by Gasteiger charge is 2.03. The molecule has 0 saturated carbocycles. The van der Waals surface area contributed by atoms with Gasteiger partial charge in [0.15, 0.2) is 5.82 Å². The number of hydrogen-bond acceptors (Lipinski definition) is 4. The molecule has 0 aliphatic heterocycles. The summed E-state index contributed by atoms with van der Waals surface area (Å²) < 4.78 is 12.7. The fourth-order valence-corrected chi connectivity index (χ4v) is 1.18. The molecule has 5 heteroatoms. The lowest BCUT2D eigenvalue weighted by atomic mass is 10.2. The van der Waals surface area contributed by atoms with Gasteiger partial charge in [-0.15, -0.1) is 5.10 Å². The molecule has 1 N–H and O–H groups in total. The Balaban J connectivity index is 2.27. The van der Waals surface area contributed by atoms with Gasteiger partial charge in [-0.1, -0.05) is 0 Å². The SMILES string of the molecule is N#Cc1ccnnc1Nc1ccc(F)cc1. The number of anilines is 2. The fraction of sp³-hybridized carbons (Fsp3) is 0. The standard InChI is InChI=1S/C11H7FN4/c12-9-1-3-10(4-2-9)15-11-8(7-13)5-6-14-16-11/h1-6H,(H,15,16). The van der Waals surface area contributed by atoms with Crippen molar-refractivity contribution >= 4 is 11.5 Å². The summed E-state index contributed by atoms with van der Waals surface area (Å²) in [7, 11) is 0. The van der Waals surface area contributed by atoms with Gasteiger partial charge in [-0.25, -0.2) is 4.39 Å². The minimum atomic E-state index is -0.315. The molecule has 16 heavy (non-hydrogen) atoms. The molecular formula is C11H7FN4. The molecular weight excluding hydrogens is 207 g/mol. The molecule has 0 saturated heterocycles. The summed E-state index contributed by atoms with van der Waals surface area (Å²) in [6.07, 6.45) is 1.44. The van der Waals surface area contributed by atoms with E-state index >= 15 is 0 Å². The minimum absolute atomic E-state index is 0.315. The predicted octanol–water partition coefficient (Wildman–Crippen LogP) is 2.23. The number of aromatic nitrogens is 2. The van der Waals surface area contributed by atoms with Gasteiger partial charge in [-0.3, -0.25) is 0 Å². The molecule has 0 aliphatic rings. The van der Waals surface area contributed by atoms with Crippen molar-refractivity contribution < 1.29 is 4.39 Å². The van der Waals surface area contributed by atoms with Crippen molar-refractivity contribution in [2.75, 3.05) is 5.32 Å². The highest BCUT2D eigenvalue weighted by atomic mass is 19.1. The quantitative estimate of drug-likeness (QED) is 0.832. The van der Waals surface area contributed by atoms with Gasteiger partial charge in [0, 0.05) is 5.69 Å². The number of nitrogens with zero attached hydrogens (tertiary/aromatic N) is 3. The van der Waals surface area contributed by atoms with Crippen molar-refractivity contribution in [3.8, 4) is 6.07 Å². The number of hydrogen-bond donors (Lipinski definition) is 1. The van der Waals surface area contributed by atoms with Crippen molar-refractivity contribution in [1.29, 1.82) is 5.26 Å². The van der Waals surface area contributed by atoms with Crippen LogP contribution in [0, 0.1) is 17.1 Å². The van der Waals surface area contributed by atoms with E-state index in [1.54, 1.807) is 18.2 Å². The highest BCUT2D eigenvalue weighted by molar-refractivity contribution is 5.61. The Morgan fingerprint density at radius 1 is 1.19 bits per heavy atom. The maximum Gasteiger partial charge on any atom is 0.171 e. The molecule has 0 unspecified atom stereocenters. The average molecular weight is 214 g/mol. The maximum atomic E-state index is 12.7. The zero-order valence-electron chi connectivity index (χ0n) is 8.18. The van der Waals surface area contributed by atoms with Gasteiger partial charge < -0.3 is 5.32 Å². The van der Waals surface area contributed by atoms with Crippen LogP contribution in [0.2, 0.25) is 0 Å². The van der Waals surface area contributed by atoms with Crippen molar-refractivity contribution in [1.82, 2.24) is 10.2 Å². The maximum absolute atomic E-state index is 12.7. The number of nitrogens with one attached hydrogen (secondary N) is 1. The van der Waals surface area contributed by atoms with Crippen molar-refractivity contribution in [3.05, 3.63) is 47.9 Å². The molecule has 2 rings (SSSR count). The number of rotatable bonds is 2. The van der Waals surface area contributed by atoms with Crippen molar-refractivity contribution in [3.63, 3.8) is 0 Å². The van der Waals surface area contributed by atoms with Gasteiger partial charge in [0.25, 0.3) is 0 Å². The second kappa shape index (κ2) is 4.36. The Kier molecular flexibility index (Phi) is 2.74. The van der Waals surface area contributed by atoms with Gasteiger partial charge in [-0.05, 0) is 30.3 Å². The lowest BCUT2D eigenvalue weighted by Crippen LogP contribution is -1.98. The molecule has 78 valence electrons. The van der Waals surface area contributed by atoms with Crippen LogP contribution in [-0.2, 0) is 0 Å². The first-order chi connectivity index (χ1) is 7.79. The monoisotopic (exact) mass is 214 g/mol. The molecule has 0 amide bonds. The van der Waals surface area contributed by atoms with Crippen LogP contribution in [0.4, 0.5) is 15.9 Å². The summed E-state index contributed by atoms with van der Waals surface area (Å²) in [5, 5.41) is 19.2. The van der Waals surface area contributed by atoms with Crippen LogP contribution in [0.25, 0.3) is 0 Å². The van der Waals surface area contributed by atoms with Crippen LogP contribution < -0.4 is 5.32 Å². The number of nitriles is 1. The fourth-order valence-electron chi connectivity index (χ4n) is 1.18. The van der Waals surface area contributed by atoms with E-state index in [9.17, 15) is 4.39 Å². The normalized spacial score (nSPS) is 9.50. The van der Waals surface area contributed by atoms with E-state index < -0.39 is 0 Å². The Labute approximate surface area is 91.4 Å². The first-order valence-electron chi connectivity index (χ1n) is 4.54. The molecule has 0 atom stereocenters. The van der Waals surface area contributed by atoms with Gasteiger partial charge in [0.1, 0.15) is 11.9 Å². The molecule has 1 heterocycles. The molecule has 0 spiro atoms. The van der Waals surface area contributed by atoms with E-state index in [4.69, 9.17) is 5.26 Å². The highest BCUT2D eigenvalue weighted by Crippen LogP contribution is 2.16. The van der Waals surface area contributed by atoms with Gasteiger partial charge in [-0.2, -0.15) is 10.4 Å². The zero-order valence-corrected chi connectivity index (χ0v) is 8.18. The smallest absolute Gasteiger partial charge is 0.171 e. The van der Waals surface area contributed by atoms with Crippen LogP contribution in [0.3, 0.4) is 0 Å². The second-order valence-corrected chi connectivity index (χ2v) is 3.04. The van der Waals surface area contributed by atoms with E-state index in [2.05, 4.69) is 15.5 Å². The van der Waals surface area contributed by atoms with Crippen LogP contribution in [-0.4, -0.2) is 10.2 Å². The molecule has 0 radical (unpaired) electrons. The molecule has 1 aromatic heterocycles. The Hall–Kier alpha value is -2.48. The van der Waals surface area contributed by atoms with Crippen LogP contribution in [0.1, 0.15) is 5.56 Å². The van der Waals surface area contributed by atoms with E-state index in [-0.39, 0.29) is 5.82 Å². The van der Waals surface area contributed by atoms with Crippen LogP contribution in [0.5, 0.6) is 0 Å².